The molecule has 0 radical (unpaired) electrons. The number of nitrogens with one attached hydrogen (secondary N) is 1. The fourth-order valence-corrected chi connectivity index (χ4v) is 2.67. The number of amides is 4. The van der Waals surface area contributed by atoms with Gasteiger partial charge in [0.25, 0.3) is 11.8 Å². The lowest BCUT2D eigenvalue weighted by Gasteiger charge is -2.27. The summed E-state index contributed by atoms with van der Waals surface area (Å²) in [6, 6.07) is -0.977. The van der Waals surface area contributed by atoms with Gasteiger partial charge < -0.3 is 0 Å². The summed E-state index contributed by atoms with van der Waals surface area (Å²) in [6.45, 7) is 0. The minimum absolute atomic E-state index is 0.00375. The number of fused-ring (bicyclic) bond motifs is 1. The van der Waals surface area contributed by atoms with E-state index in [1.165, 1.54) is 18.0 Å². The lowest BCUT2D eigenvalue weighted by Crippen LogP contribution is -2.54. The molecule has 1 unspecified atom stereocenters. The van der Waals surface area contributed by atoms with E-state index in [-0.39, 0.29) is 24.1 Å². The molecule has 1 saturated heterocycles. The number of carbonyl (C=O) groups excluding carboxylic acids is 4. The highest BCUT2D eigenvalue weighted by molar-refractivity contribution is 7.98. The molecule has 3 heterocycles. The van der Waals surface area contributed by atoms with Crippen LogP contribution in [0.15, 0.2) is 11.4 Å². The number of carbonyl (C=O) groups is 4. The van der Waals surface area contributed by atoms with Crippen LogP contribution in [0, 0.1) is 0 Å². The van der Waals surface area contributed by atoms with Crippen molar-refractivity contribution >= 4 is 35.4 Å². The normalized spacial score (nSPS) is 21.6. The summed E-state index contributed by atoms with van der Waals surface area (Å²) in [4.78, 5) is 56.5. The molecular weight excluding hydrogens is 296 g/mol. The zero-order valence-electron chi connectivity index (χ0n) is 11.0. The van der Waals surface area contributed by atoms with Gasteiger partial charge in [0, 0.05) is 12.6 Å². The first-order valence-electron chi connectivity index (χ1n) is 6.15. The minimum Gasteiger partial charge on any atom is -0.295 e. The molecule has 0 aromatic carbocycles. The van der Waals surface area contributed by atoms with E-state index in [4.69, 9.17) is 0 Å². The molecule has 3 rings (SSSR count). The second kappa shape index (κ2) is 4.92. The molecule has 1 aromatic rings. The van der Waals surface area contributed by atoms with E-state index in [0.717, 1.165) is 4.90 Å². The van der Waals surface area contributed by atoms with E-state index in [2.05, 4.69) is 15.3 Å². The van der Waals surface area contributed by atoms with Crippen LogP contribution >= 0.6 is 11.8 Å². The fraction of sp³-hybridized carbons (Fsp3) is 0.333. The van der Waals surface area contributed by atoms with Gasteiger partial charge in [0.2, 0.25) is 11.8 Å². The second-order valence-corrected chi connectivity index (χ2v) is 5.34. The summed E-state index contributed by atoms with van der Waals surface area (Å²) in [5, 5.41) is 2.51. The van der Waals surface area contributed by atoms with Crippen LogP contribution in [0.3, 0.4) is 0 Å². The van der Waals surface area contributed by atoms with Crippen molar-refractivity contribution in [3.8, 4) is 0 Å². The van der Waals surface area contributed by atoms with Crippen LogP contribution in [-0.4, -0.2) is 50.8 Å². The third kappa shape index (κ3) is 2.09. The SMILES string of the molecule is CSc1ncc2c(n1)C(=O)N(C1CCC(=O)NC1=O)C2=O. The van der Waals surface area contributed by atoms with Gasteiger partial charge in [-0.3, -0.25) is 29.4 Å². The number of aromatic nitrogens is 2. The molecule has 1 aromatic heterocycles. The van der Waals surface area contributed by atoms with E-state index in [0.29, 0.717) is 5.16 Å². The van der Waals surface area contributed by atoms with Crippen molar-refractivity contribution in [2.45, 2.75) is 24.0 Å². The molecule has 9 heteroatoms. The van der Waals surface area contributed by atoms with Gasteiger partial charge in [-0.2, -0.15) is 0 Å². The highest BCUT2D eigenvalue weighted by atomic mass is 32.2. The Morgan fingerprint density at radius 1 is 1.29 bits per heavy atom. The number of piperidine rings is 1. The first-order chi connectivity index (χ1) is 10.0. The van der Waals surface area contributed by atoms with Crippen molar-refractivity contribution < 1.29 is 19.2 Å². The lowest BCUT2D eigenvalue weighted by atomic mass is 10.0. The first kappa shape index (κ1) is 13.7. The average molecular weight is 306 g/mol. The molecule has 8 nitrogen and oxygen atoms in total. The maximum Gasteiger partial charge on any atom is 0.281 e. The summed E-state index contributed by atoms with van der Waals surface area (Å²) in [6.07, 6.45) is 3.26. The zero-order valence-corrected chi connectivity index (χ0v) is 11.8. The Bertz CT molecular complexity index is 690. The van der Waals surface area contributed by atoms with Crippen LogP contribution in [0.4, 0.5) is 0 Å². The number of hydrogen-bond donors (Lipinski definition) is 1. The van der Waals surface area contributed by atoms with Gasteiger partial charge in [0.1, 0.15) is 11.7 Å². The molecule has 1 fully saturated rings. The van der Waals surface area contributed by atoms with Crippen LogP contribution in [0.2, 0.25) is 0 Å². The highest BCUT2D eigenvalue weighted by Gasteiger charge is 2.45. The standard InChI is InChI=1S/C12H10N4O4S/c1-21-12-13-4-5-8(15-12)11(20)16(10(5)19)6-2-3-7(17)14-9(6)18/h4,6H,2-3H2,1H3,(H,14,17,18). The van der Waals surface area contributed by atoms with Crippen molar-refractivity contribution in [2.24, 2.45) is 0 Å². The van der Waals surface area contributed by atoms with Crippen LogP contribution in [0.5, 0.6) is 0 Å². The van der Waals surface area contributed by atoms with Crippen molar-refractivity contribution in [1.82, 2.24) is 20.2 Å². The van der Waals surface area contributed by atoms with Crippen LogP contribution in [-0.2, 0) is 9.59 Å². The van der Waals surface area contributed by atoms with Gasteiger partial charge in [0.05, 0.1) is 5.56 Å². The molecule has 0 aliphatic carbocycles. The smallest absolute Gasteiger partial charge is 0.281 e. The summed E-state index contributed by atoms with van der Waals surface area (Å²) in [5.41, 5.74) is 0.0894. The zero-order chi connectivity index (χ0) is 15.1. The topological polar surface area (TPSA) is 109 Å². The molecule has 0 spiro atoms. The number of hydrogen-bond acceptors (Lipinski definition) is 7. The van der Waals surface area contributed by atoms with E-state index in [1.807, 2.05) is 0 Å². The van der Waals surface area contributed by atoms with Crippen molar-refractivity contribution in [3.63, 3.8) is 0 Å². The maximum absolute atomic E-state index is 12.3. The largest absolute Gasteiger partial charge is 0.295 e. The molecule has 2 aliphatic rings. The van der Waals surface area contributed by atoms with Crippen molar-refractivity contribution in [1.29, 1.82) is 0 Å². The van der Waals surface area contributed by atoms with Crippen molar-refractivity contribution in [3.05, 3.63) is 17.5 Å². The molecule has 0 bridgehead atoms. The predicted octanol–water partition coefficient (Wildman–Crippen LogP) is -0.400. The van der Waals surface area contributed by atoms with Gasteiger partial charge in [-0.25, -0.2) is 9.97 Å². The van der Waals surface area contributed by atoms with Gasteiger partial charge in [-0.05, 0) is 12.7 Å². The number of nitrogens with zero attached hydrogens (tertiary/aromatic N) is 3. The first-order valence-corrected chi connectivity index (χ1v) is 7.38. The van der Waals surface area contributed by atoms with Crippen molar-refractivity contribution in [2.75, 3.05) is 6.26 Å². The van der Waals surface area contributed by atoms with E-state index in [1.54, 1.807) is 6.26 Å². The van der Waals surface area contributed by atoms with Gasteiger partial charge >= 0.3 is 0 Å². The molecule has 1 N–H and O–H groups in total. The Morgan fingerprint density at radius 3 is 2.71 bits per heavy atom. The quantitative estimate of drug-likeness (QED) is 0.450. The Kier molecular flexibility index (Phi) is 3.20. The highest BCUT2D eigenvalue weighted by Crippen LogP contribution is 2.26. The van der Waals surface area contributed by atoms with E-state index in [9.17, 15) is 19.2 Å². The monoisotopic (exact) mass is 306 g/mol. The van der Waals surface area contributed by atoms with E-state index < -0.39 is 29.7 Å². The Balaban J connectivity index is 1.96. The molecule has 4 amide bonds. The third-order valence-corrected chi connectivity index (χ3v) is 3.90. The lowest BCUT2D eigenvalue weighted by molar-refractivity contribution is -0.136. The molecule has 1 atom stereocenters. The van der Waals surface area contributed by atoms with Crippen LogP contribution in [0.1, 0.15) is 33.7 Å². The molecular formula is C12H10N4O4S. The predicted molar refractivity (Wildman–Crippen MR) is 70.5 cm³/mol. The summed E-state index contributed by atoms with van der Waals surface area (Å²) >= 11 is 1.25. The Labute approximate surface area is 123 Å². The summed E-state index contributed by atoms with van der Waals surface area (Å²) in [7, 11) is 0. The fourth-order valence-electron chi connectivity index (χ4n) is 2.33. The summed E-state index contributed by atoms with van der Waals surface area (Å²) < 4.78 is 0. The molecule has 2 aliphatic heterocycles. The summed E-state index contributed by atoms with van der Waals surface area (Å²) in [5.74, 6) is -2.27. The average Bonchev–Trinajstić information content (AvgIpc) is 2.71. The maximum atomic E-state index is 12.3. The Hall–Kier alpha value is -2.29. The van der Waals surface area contributed by atoms with Crippen LogP contribution in [0.25, 0.3) is 0 Å². The van der Waals surface area contributed by atoms with E-state index >= 15 is 0 Å². The molecule has 21 heavy (non-hydrogen) atoms. The van der Waals surface area contributed by atoms with Gasteiger partial charge in [0.15, 0.2) is 5.16 Å². The van der Waals surface area contributed by atoms with Crippen LogP contribution < -0.4 is 5.32 Å². The molecule has 0 saturated carbocycles. The molecule has 108 valence electrons. The second-order valence-electron chi connectivity index (χ2n) is 4.57. The third-order valence-electron chi connectivity index (χ3n) is 3.34. The number of rotatable bonds is 2. The number of thioether (sulfide) groups is 1. The van der Waals surface area contributed by atoms with Gasteiger partial charge in [-0.15, -0.1) is 0 Å². The number of imide groups is 2. The van der Waals surface area contributed by atoms with Gasteiger partial charge in [-0.1, -0.05) is 11.8 Å². The minimum atomic E-state index is -0.977. The Morgan fingerprint density at radius 2 is 2.05 bits per heavy atom.